The largest absolute Gasteiger partial charge is 0.0996 e. The predicted octanol–water partition coefficient (Wildman–Crippen LogP) is 10.1. The minimum atomic E-state index is 0.505. The molecule has 10 atom stereocenters. The van der Waals surface area contributed by atoms with Gasteiger partial charge in [-0.05, 0) is 133 Å². The second-order valence-corrected chi connectivity index (χ2v) is 15.3. The lowest BCUT2D eigenvalue weighted by Gasteiger charge is -2.73. The Morgan fingerprint density at radius 2 is 1.48 bits per heavy atom. The highest BCUT2D eigenvalue weighted by Crippen LogP contribution is 2.78. The van der Waals surface area contributed by atoms with Gasteiger partial charge < -0.3 is 0 Å². The maximum Gasteiger partial charge on any atom is -0.0169 e. The smallest absolute Gasteiger partial charge is 0.0169 e. The van der Waals surface area contributed by atoms with Crippen molar-refractivity contribution < 1.29 is 0 Å². The maximum absolute atomic E-state index is 4.66. The van der Waals surface area contributed by atoms with E-state index in [-0.39, 0.29) is 0 Å². The summed E-state index contributed by atoms with van der Waals surface area (Å²) in [6, 6.07) is 0. The SMILES string of the molecule is C=C(CC)C1CC[C@]2(CC)CC[C@]3(C)C(CCC4[C@@]5(C)CC[C@H](C)C(C)(C)C5CC[C@]43C)C12. The minimum absolute atomic E-state index is 0.505. The third kappa shape index (κ3) is 2.94. The van der Waals surface area contributed by atoms with Crippen LogP contribution in [0.4, 0.5) is 0 Å². The topological polar surface area (TPSA) is 0 Å². The van der Waals surface area contributed by atoms with Crippen LogP contribution in [-0.2, 0) is 0 Å². The van der Waals surface area contributed by atoms with Crippen molar-refractivity contribution in [1.82, 2.24) is 0 Å². The van der Waals surface area contributed by atoms with Gasteiger partial charge in [-0.15, -0.1) is 0 Å². The van der Waals surface area contributed by atoms with Crippen LogP contribution in [-0.4, -0.2) is 0 Å². The zero-order valence-electron chi connectivity index (χ0n) is 23.7. The van der Waals surface area contributed by atoms with Crippen LogP contribution < -0.4 is 0 Å². The number of hydrogen-bond donors (Lipinski definition) is 0. The standard InChI is InChI=1S/C33H56/c1-10-22(3)24-15-19-33(11-2)21-20-31(8)25(28(24)33)12-13-27-30(7)17-14-23(4)29(5,6)26(30)16-18-32(27,31)9/h23-28H,3,10-21H2,1-2,4-9H3/t23-,24?,25?,26?,27?,28?,30-,31+,32+,33+/m0/s1. The second-order valence-electron chi connectivity index (χ2n) is 15.3. The van der Waals surface area contributed by atoms with Crippen molar-refractivity contribution in [3.63, 3.8) is 0 Å². The van der Waals surface area contributed by atoms with E-state index in [4.69, 9.17) is 0 Å². The van der Waals surface area contributed by atoms with Gasteiger partial charge in [0.1, 0.15) is 0 Å². The van der Waals surface area contributed by atoms with Crippen molar-refractivity contribution in [3.8, 4) is 0 Å². The number of allylic oxidation sites excluding steroid dienone is 1. The Morgan fingerprint density at radius 3 is 2.15 bits per heavy atom. The van der Waals surface area contributed by atoms with Crippen LogP contribution in [0.3, 0.4) is 0 Å². The Morgan fingerprint density at radius 1 is 0.758 bits per heavy atom. The lowest BCUT2D eigenvalue weighted by Crippen LogP contribution is -2.66. The van der Waals surface area contributed by atoms with E-state index < -0.39 is 0 Å². The van der Waals surface area contributed by atoms with Crippen LogP contribution >= 0.6 is 0 Å². The van der Waals surface area contributed by atoms with Gasteiger partial charge in [0.05, 0.1) is 0 Å². The molecule has 5 aliphatic rings. The summed E-state index contributed by atoms with van der Waals surface area (Å²) >= 11 is 0. The zero-order chi connectivity index (χ0) is 24.0. The second kappa shape index (κ2) is 7.62. The normalized spacial score (nSPS) is 55.2. The summed E-state index contributed by atoms with van der Waals surface area (Å²) in [5.41, 5.74) is 4.32. The summed E-state index contributed by atoms with van der Waals surface area (Å²) in [5.74, 6) is 5.38. The molecular weight excluding hydrogens is 396 g/mol. The lowest BCUT2D eigenvalue weighted by molar-refractivity contribution is -0.242. The molecule has 0 bridgehead atoms. The van der Waals surface area contributed by atoms with Crippen molar-refractivity contribution in [2.75, 3.05) is 0 Å². The summed E-state index contributed by atoms with van der Waals surface area (Å²) < 4.78 is 0. The highest BCUT2D eigenvalue weighted by atomic mass is 14.7. The van der Waals surface area contributed by atoms with E-state index in [2.05, 4.69) is 62.0 Å². The minimum Gasteiger partial charge on any atom is -0.0996 e. The fourth-order valence-electron chi connectivity index (χ4n) is 12.2. The molecule has 188 valence electrons. The average Bonchev–Trinajstić information content (AvgIpc) is 3.17. The maximum atomic E-state index is 4.66. The first kappa shape index (κ1) is 24.4. The summed E-state index contributed by atoms with van der Waals surface area (Å²) in [5, 5.41) is 0. The average molecular weight is 453 g/mol. The Hall–Kier alpha value is -0.260. The molecule has 0 radical (unpaired) electrons. The van der Waals surface area contributed by atoms with Crippen molar-refractivity contribution >= 4 is 0 Å². The molecule has 0 N–H and O–H groups in total. The molecule has 5 rings (SSSR count). The van der Waals surface area contributed by atoms with Gasteiger partial charge in [0.25, 0.3) is 0 Å². The van der Waals surface area contributed by atoms with Crippen molar-refractivity contribution in [2.45, 2.75) is 132 Å². The van der Waals surface area contributed by atoms with Gasteiger partial charge in [0.15, 0.2) is 0 Å². The van der Waals surface area contributed by atoms with Crippen LogP contribution in [0.2, 0.25) is 0 Å². The Labute approximate surface area is 207 Å². The van der Waals surface area contributed by atoms with Crippen LogP contribution in [0.25, 0.3) is 0 Å². The van der Waals surface area contributed by atoms with Gasteiger partial charge in [0, 0.05) is 0 Å². The molecule has 0 heterocycles. The summed E-state index contributed by atoms with van der Waals surface area (Å²) in [4.78, 5) is 0. The molecule has 0 amide bonds. The Balaban J connectivity index is 1.54. The van der Waals surface area contributed by atoms with Crippen LogP contribution in [0, 0.1) is 62.6 Å². The summed E-state index contributed by atoms with van der Waals surface area (Å²) in [6.07, 6.45) is 17.4. The molecule has 0 saturated heterocycles. The lowest BCUT2D eigenvalue weighted by atomic mass is 9.32. The predicted molar refractivity (Wildman–Crippen MR) is 143 cm³/mol. The molecule has 5 fully saturated rings. The fourth-order valence-corrected chi connectivity index (χ4v) is 12.2. The molecular formula is C33H56. The van der Waals surface area contributed by atoms with E-state index in [1.54, 1.807) is 5.57 Å². The number of fused-ring (bicyclic) bond motifs is 7. The van der Waals surface area contributed by atoms with Gasteiger partial charge >= 0.3 is 0 Å². The molecule has 0 spiro atoms. The van der Waals surface area contributed by atoms with Crippen LogP contribution in [0.5, 0.6) is 0 Å². The molecule has 0 aliphatic heterocycles. The molecule has 0 aromatic rings. The van der Waals surface area contributed by atoms with Gasteiger partial charge in [-0.2, -0.15) is 0 Å². The van der Waals surface area contributed by atoms with E-state index in [1.807, 2.05) is 0 Å². The first-order valence-electron chi connectivity index (χ1n) is 15.1. The zero-order valence-corrected chi connectivity index (χ0v) is 23.7. The van der Waals surface area contributed by atoms with Gasteiger partial charge in [-0.25, -0.2) is 0 Å². The van der Waals surface area contributed by atoms with E-state index >= 15 is 0 Å². The molecule has 0 aromatic heterocycles. The van der Waals surface area contributed by atoms with E-state index in [9.17, 15) is 0 Å². The molecule has 5 saturated carbocycles. The quantitative estimate of drug-likeness (QED) is 0.374. The Kier molecular flexibility index (Phi) is 5.64. The van der Waals surface area contributed by atoms with Gasteiger partial charge in [-0.3, -0.25) is 0 Å². The molecule has 5 unspecified atom stereocenters. The highest BCUT2D eigenvalue weighted by molar-refractivity contribution is 5.21. The third-order valence-electron chi connectivity index (χ3n) is 14.8. The van der Waals surface area contributed by atoms with Gasteiger partial charge in [0.2, 0.25) is 0 Å². The van der Waals surface area contributed by atoms with E-state index in [1.165, 1.54) is 77.0 Å². The Bertz CT molecular complexity index is 790. The first-order valence-corrected chi connectivity index (χ1v) is 15.1. The molecule has 0 heteroatoms. The molecule has 5 aliphatic carbocycles. The third-order valence-corrected chi connectivity index (χ3v) is 14.8. The highest BCUT2D eigenvalue weighted by Gasteiger charge is 2.70. The van der Waals surface area contributed by atoms with Crippen LogP contribution in [0.15, 0.2) is 12.2 Å². The van der Waals surface area contributed by atoms with E-state index in [0.717, 1.165) is 35.5 Å². The fraction of sp³-hybridized carbons (Fsp3) is 0.939. The van der Waals surface area contributed by atoms with Gasteiger partial charge in [-0.1, -0.05) is 74.0 Å². The van der Waals surface area contributed by atoms with Crippen molar-refractivity contribution in [2.24, 2.45) is 62.6 Å². The molecule has 0 nitrogen and oxygen atoms in total. The number of rotatable bonds is 3. The molecule has 33 heavy (non-hydrogen) atoms. The summed E-state index contributed by atoms with van der Waals surface area (Å²) in [6.45, 7) is 25.8. The molecule has 0 aromatic carbocycles. The first-order chi connectivity index (χ1) is 15.4. The number of hydrogen-bond acceptors (Lipinski definition) is 0. The summed E-state index contributed by atoms with van der Waals surface area (Å²) in [7, 11) is 0. The van der Waals surface area contributed by atoms with Crippen LogP contribution in [0.1, 0.15) is 132 Å². The van der Waals surface area contributed by atoms with Crippen molar-refractivity contribution in [3.05, 3.63) is 12.2 Å². The van der Waals surface area contributed by atoms with E-state index in [0.29, 0.717) is 27.1 Å². The van der Waals surface area contributed by atoms with Crippen molar-refractivity contribution in [1.29, 1.82) is 0 Å². The monoisotopic (exact) mass is 452 g/mol.